The Morgan fingerprint density at radius 3 is 2.48 bits per heavy atom. The summed E-state index contributed by atoms with van der Waals surface area (Å²) in [6.07, 6.45) is 2.92. The van der Waals surface area contributed by atoms with Crippen molar-refractivity contribution in [3.63, 3.8) is 0 Å². The fourth-order valence-electron chi connectivity index (χ4n) is 2.74. The summed E-state index contributed by atoms with van der Waals surface area (Å²) in [5.41, 5.74) is 7.08. The van der Waals surface area contributed by atoms with Gasteiger partial charge in [-0.05, 0) is 42.9 Å². The Balaban J connectivity index is 1.72. The van der Waals surface area contributed by atoms with Crippen LogP contribution in [0.4, 0.5) is 5.69 Å². The van der Waals surface area contributed by atoms with E-state index in [2.05, 4.69) is 0 Å². The Kier molecular flexibility index (Phi) is 4.19. The normalized spacial score (nSPS) is 22.8. The van der Waals surface area contributed by atoms with Crippen LogP contribution >= 0.6 is 0 Å². The molecule has 1 aromatic carbocycles. The van der Waals surface area contributed by atoms with Crippen LogP contribution in [0.3, 0.4) is 0 Å². The maximum Gasteiger partial charge on any atom is 0.218 e. The van der Waals surface area contributed by atoms with Gasteiger partial charge in [-0.1, -0.05) is 12.1 Å². The molecule has 116 valence electrons. The number of anilines is 1. The predicted octanol–water partition coefficient (Wildman–Crippen LogP) is 1.60. The predicted molar refractivity (Wildman–Crippen MR) is 82.1 cm³/mol. The third-order valence-electron chi connectivity index (χ3n) is 4.10. The molecule has 1 unspecified atom stereocenters. The monoisotopic (exact) mass is 310 g/mol. The minimum absolute atomic E-state index is 0.0529. The molecule has 1 saturated heterocycles. The minimum Gasteiger partial charge on any atom is -0.399 e. The number of nitrogens with zero attached hydrogens (tertiary/aromatic N) is 1. The van der Waals surface area contributed by atoms with E-state index < -0.39 is 10.0 Å². The van der Waals surface area contributed by atoms with Gasteiger partial charge in [0.05, 0.1) is 12.4 Å². The van der Waals surface area contributed by atoms with Gasteiger partial charge in [-0.25, -0.2) is 8.42 Å². The molecule has 1 atom stereocenters. The minimum atomic E-state index is -3.28. The van der Waals surface area contributed by atoms with Gasteiger partial charge in [-0.15, -0.1) is 0 Å². The molecular formula is C15H22N2O3S. The van der Waals surface area contributed by atoms with Crippen LogP contribution in [0, 0.1) is 5.92 Å². The Morgan fingerprint density at radius 2 is 1.90 bits per heavy atom. The van der Waals surface area contributed by atoms with E-state index in [-0.39, 0.29) is 11.8 Å². The molecule has 5 nitrogen and oxygen atoms in total. The van der Waals surface area contributed by atoms with Crippen molar-refractivity contribution >= 4 is 15.7 Å². The Labute approximate surface area is 126 Å². The summed E-state index contributed by atoms with van der Waals surface area (Å²) in [7, 11) is -3.28. The van der Waals surface area contributed by atoms with Gasteiger partial charge >= 0.3 is 0 Å². The zero-order valence-electron chi connectivity index (χ0n) is 12.1. The summed E-state index contributed by atoms with van der Waals surface area (Å²) >= 11 is 0. The molecule has 21 heavy (non-hydrogen) atoms. The smallest absolute Gasteiger partial charge is 0.218 e. The number of benzene rings is 1. The molecule has 2 fully saturated rings. The Bertz CT molecular complexity index is 575. The van der Waals surface area contributed by atoms with Gasteiger partial charge in [0, 0.05) is 24.9 Å². The number of rotatable bonds is 6. The van der Waals surface area contributed by atoms with Crippen LogP contribution in [0.5, 0.6) is 0 Å². The Hall–Kier alpha value is -1.11. The molecule has 2 aliphatic rings. The fourth-order valence-corrected chi connectivity index (χ4v) is 4.62. The molecule has 2 N–H and O–H groups in total. The van der Waals surface area contributed by atoms with Gasteiger partial charge in [0.25, 0.3) is 0 Å². The first-order valence-electron chi connectivity index (χ1n) is 7.46. The summed E-state index contributed by atoms with van der Waals surface area (Å²) in [5, 5.41) is 0. The second-order valence-electron chi connectivity index (χ2n) is 6.03. The van der Waals surface area contributed by atoms with Crippen molar-refractivity contribution in [2.45, 2.75) is 31.1 Å². The number of nitrogens with two attached hydrogens (primary N) is 1. The second-order valence-corrected chi connectivity index (χ2v) is 7.95. The van der Waals surface area contributed by atoms with Gasteiger partial charge in [0.15, 0.2) is 0 Å². The first-order valence-corrected chi connectivity index (χ1v) is 9.07. The molecule has 0 spiro atoms. The van der Waals surface area contributed by atoms with E-state index in [0.717, 1.165) is 31.4 Å². The van der Waals surface area contributed by atoms with Crippen molar-refractivity contribution in [3.8, 4) is 0 Å². The molecule has 0 bridgehead atoms. The van der Waals surface area contributed by atoms with Gasteiger partial charge in [0.2, 0.25) is 10.0 Å². The fraction of sp³-hybridized carbons (Fsp3) is 0.600. The molecular weight excluding hydrogens is 288 g/mol. The molecule has 1 aliphatic heterocycles. The van der Waals surface area contributed by atoms with Crippen molar-refractivity contribution in [2.75, 3.05) is 25.5 Å². The highest BCUT2D eigenvalue weighted by molar-refractivity contribution is 7.88. The average Bonchev–Trinajstić information content (AvgIpc) is 3.14. The van der Waals surface area contributed by atoms with E-state index >= 15 is 0 Å². The van der Waals surface area contributed by atoms with Crippen LogP contribution in [0.2, 0.25) is 0 Å². The van der Waals surface area contributed by atoms with E-state index in [4.69, 9.17) is 10.5 Å². The van der Waals surface area contributed by atoms with E-state index in [1.54, 1.807) is 28.6 Å². The molecule has 1 heterocycles. The average molecular weight is 310 g/mol. The molecule has 1 saturated carbocycles. The second kappa shape index (κ2) is 5.94. The maximum absolute atomic E-state index is 12.7. The van der Waals surface area contributed by atoms with Crippen LogP contribution in [-0.4, -0.2) is 38.5 Å². The summed E-state index contributed by atoms with van der Waals surface area (Å²) in [6, 6.07) is 7.27. The van der Waals surface area contributed by atoms with Crippen molar-refractivity contribution in [1.29, 1.82) is 0 Å². The number of hydrogen-bond acceptors (Lipinski definition) is 4. The summed E-state index contributed by atoms with van der Waals surface area (Å²) in [6.45, 7) is 2.03. The highest BCUT2D eigenvalue weighted by atomic mass is 32.2. The standard InChI is InChI=1S/C15H22N2O3S/c16-14-3-1-12(2-4-14)11-21(18,19)17(15-5-6-15)9-13-7-8-20-10-13/h1-4,13,15H,5-11,16H2. The highest BCUT2D eigenvalue weighted by Gasteiger charge is 2.38. The van der Waals surface area contributed by atoms with Gasteiger partial charge < -0.3 is 10.5 Å². The maximum atomic E-state index is 12.7. The molecule has 6 heteroatoms. The van der Waals surface area contributed by atoms with E-state index in [1.807, 2.05) is 0 Å². The molecule has 1 aromatic rings. The number of hydrogen-bond donors (Lipinski definition) is 1. The van der Waals surface area contributed by atoms with Crippen LogP contribution in [0.15, 0.2) is 24.3 Å². The molecule has 0 aromatic heterocycles. The molecule has 0 radical (unpaired) electrons. The third-order valence-corrected chi connectivity index (χ3v) is 5.96. The number of nitrogen functional groups attached to an aromatic ring is 1. The van der Waals surface area contributed by atoms with Gasteiger partial charge in [-0.2, -0.15) is 4.31 Å². The number of sulfonamides is 1. The lowest BCUT2D eigenvalue weighted by Gasteiger charge is -2.24. The van der Waals surface area contributed by atoms with Crippen molar-refractivity contribution in [1.82, 2.24) is 4.31 Å². The number of ether oxygens (including phenoxy) is 1. The zero-order valence-corrected chi connectivity index (χ0v) is 12.9. The highest BCUT2D eigenvalue weighted by Crippen LogP contribution is 2.32. The van der Waals surface area contributed by atoms with Gasteiger partial charge in [0.1, 0.15) is 0 Å². The quantitative estimate of drug-likeness (QED) is 0.810. The van der Waals surface area contributed by atoms with E-state index in [9.17, 15) is 8.42 Å². The molecule has 0 amide bonds. The molecule has 1 aliphatic carbocycles. The summed E-state index contributed by atoms with van der Waals surface area (Å²) in [4.78, 5) is 0. The first kappa shape index (κ1) is 14.8. The lowest BCUT2D eigenvalue weighted by atomic mass is 10.1. The zero-order chi connectivity index (χ0) is 14.9. The Morgan fingerprint density at radius 1 is 1.19 bits per heavy atom. The summed E-state index contributed by atoms with van der Waals surface area (Å²) in [5.74, 6) is 0.393. The van der Waals surface area contributed by atoms with Gasteiger partial charge in [-0.3, -0.25) is 0 Å². The topological polar surface area (TPSA) is 72.6 Å². The third kappa shape index (κ3) is 3.75. The van der Waals surface area contributed by atoms with Crippen LogP contribution in [0.1, 0.15) is 24.8 Å². The van der Waals surface area contributed by atoms with Crippen molar-refractivity contribution in [2.24, 2.45) is 5.92 Å². The largest absolute Gasteiger partial charge is 0.399 e. The van der Waals surface area contributed by atoms with E-state index in [0.29, 0.717) is 24.8 Å². The SMILES string of the molecule is Nc1ccc(CS(=O)(=O)N(CC2CCOC2)C2CC2)cc1. The first-order chi connectivity index (χ1) is 10.0. The van der Waals surface area contributed by atoms with Crippen LogP contribution in [-0.2, 0) is 20.5 Å². The summed E-state index contributed by atoms with van der Waals surface area (Å²) < 4.78 is 32.5. The van der Waals surface area contributed by atoms with Crippen LogP contribution < -0.4 is 5.73 Å². The van der Waals surface area contributed by atoms with Crippen LogP contribution in [0.25, 0.3) is 0 Å². The van der Waals surface area contributed by atoms with Crippen molar-refractivity contribution < 1.29 is 13.2 Å². The lowest BCUT2D eigenvalue weighted by molar-refractivity contribution is 0.180. The molecule has 3 rings (SSSR count). The lowest BCUT2D eigenvalue weighted by Crippen LogP contribution is -2.38. The van der Waals surface area contributed by atoms with E-state index in [1.165, 1.54) is 0 Å². The van der Waals surface area contributed by atoms with Crippen molar-refractivity contribution in [3.05, 3.63) is 29.8 Å².